The van der Waals surface area contributed by atoms with E-state index in [1.807, 2.05) is 18.2 Å². The van der Waals surface area contributed by atoms with Gasteiger partial charge >= 0.3 is 5.97 Å². The van der Waals surface area contributed by atoms with Crippen LogP contribution in [0.15, 0.2) is 36.7 Å². The molecule has 0 saturated heterocycles. The topological polar surface area (TPSA) is 70.5 Å². The first-order valence-corrected chi connectivity index (χ1v) is 8.23. The van der Waals surface area contributed by atoms with Gasteiger partial charge in [-0.1, -0.05) is 34.1 Å². The molecule has 0 atom stereocenters. The highest BCUT2D eigenvalue weighted by molar-refractivity contribution is 9.08. The van der Waals surface area contributed by atoms with Crippen LogP contribution in [0.3, 0.4) is 0 Å². The van der Waals surface area contributed by atoms with Gasteiger partial charge in [0.1, 0.15) is 17.6 Å². The molecule has 2 aromatic rings. The standard InChI is InChI=1S/C17H17BrN2O4/c1-4-13(17(21)23-3)14-15(22-2)19-10-20-16(14)24-12-7-5-6-11(8-12)9-18/h4-8,10H,9H2,1-3H3. The number of carbonyl (C=O) groups excluding carboxylic acids is 1. The van der Waals surface area contributed by atoms with Crippen LogP contribution in [0.25, 0.3) is 5.57 Å². The summed E-state index contributed by atoms with van der Waals surface area (Å²) in [6.07, 6.45) is 2.92. The second-order valence-electron chi connectivity index (χ2n) is 4.64. The lowest BCUT2D eigenvalue weighted by Gasteiger charge is -2.14. The van der Waals surface area contributed by atoms with Crippen molar-refractivity contribution in [3.8, 4) is 17.5 Å². The highest BCUT2D eigenvalue weighted by Gasteiger charge is 2.23. The number of hydrogen-bond donors (Lipinski definition) is 0. The van der Waals surface area contributed by atoms with E-state index in [9.17, 15) is 4.79 Å². The number of ether oxygens (including phenoxy) is 3. The molecular weight excluding hydrogens is 376 g/mol. The van der Waals surface area contributed by atoms with E-state index in [1.165, 1.54) is 20.5 Å². The van der Waals surface area contributed by atoms with Crippen LogP contribution >= 0.6 is 15.9 Å². The second kappa shape index (κ2) is 8.44. The van der Waals surface area contributed by atoms with E-state index in [-0.39, 0.29) is 17.3 Å². The van der Waals surface area contributed by atoms with Crippen molar-refractivity contribution in [1.82, 2.24) is 9.97 Å². The molecule has 0 saturated carbocycles. The van der Waals surface area contributed by atoms with Crippen molar-refractivity contribution in [3.63, 3.8) is 0 Å². The molecule has 7 heteroatoms. The summed E-state index contributed by atoms with van der Waals surface area (Å²) in [4.78, 5) is 20.3. The fourth-order valence-corrected chi connectivity index (χ4v) is 2.44. The van der Waals surface area contributed by atoms with Crippen molar-refractivity contribution in [2.24, 2.45) is 0 Å². The van der Waals surface area contributed by atoms with Crippen molar-refractivity contribution < 1.29 is 19.0 Å². The minimum Gasteiger partial charge on any atom is -0.480 e. The number of allylic oxidation sites excluding steroid dienone is 1. The lowest BCUT2D eigenvalue weighted by molar-refractivity contribution is -0.133. The molecule has 0 aliphatic heterocycles. The normalized spacial score (nSPS) is 11.1. The summed E-state index contributed by atoms with van der Waals surface area (Å²) in [6, 6.07) is 7.52. The van der Waals surface area contributed by atoms with Crippen LogP contribution in [0.1, 0.15) is 18.1 Å². The summed E-state index contributed by atoms with van der Waals surface area (Å²) in [6.45, 7) is 1.72. The van der Waals surface area contributed by atoms with Crippen LogP contribution < -0.4 is 9.47 Å². The molecule has 0 aliphatic carbocycles. The molecular formula is C17H17BrN2O4. The maximum absolute atomic E-state index is 12.1. The van der Waals surface area contributed by atoms with Crippen LogP contribution in [0.4, 0.5) is 0 Å². The van der Waals surface area contributed by atoms with E-state index in [1.54, 1.807) is 19.1 Å². The fourth-order valence-electron chi connectivity index (χ4n) is 2.09. The molecule has 0 N–H and O–H groups in total. The molecule has 0 spiro atoms. The molecule has 0 aliphatic rings. The highest BCUT2D eigenvalue weighted by atomic mass is 79.9. The number of alkyl halides is 1. The van der Waals surface area contributed by atoms with Crippen molar-refractivity contribution in [1.29, 1.82) is 0 Å². The molecule has 126 valence electrons. The van der Waals surface area contributed by atoms with Gasteiger partial charge in [0.2, 0.25) is 11.8 Å². The van der Waals surface area contributed by atoms with Gasteiger partial charge < -0.3 is 14.2 Å². The summed E-state index contributed by atoms with van der Waals surface area (Å²) in [5.41, 5.74) is 1.66. The summed E-state index contributed by atoms with van der Waals surface area (Å²) >= 11 is 3.41. The van der Waals surface area contributed by atoms with Crippen molar-refractivity contribution >= 4 is 27.5 Å². The van der Waals surface area contributed by atoms with Crippen LogP contribution in [0.5, 0.6) is 17.5 Å². The Hall–Kier alpha value is -2.41. The van der Waals surface area contributed by atoms with Gasteiger partial charge in [-0.2, -0.15) is 0 Å². The summed E-state index contributed by atoms with van der Waals surface area (Å²) < 4.78 is 15.9. The Balaban J connectivity index is 2.51. The van der Waals surface area contributed by atoms with Crippen molar-refractivity contribution in [2.45, 2.75) is 12.3 Å². The first kappa shape index (κ1) is 17.9. The van der Waals surface area contributed by atoms with Gasteiger partial charge in [0.15, 0.2) is 0 Å². The highest BCUT2D eigenvalue weighted by Crippen LogP contribution is 2.34. The largest absolute Gasteiger partial charge is 0.480 e. The number of carbonyl (C=O) groups is 1. The van der Waals surface area contributed by atoms with E-state index in [2.05, 4.69) is 25.9 Å². The van der Waals surface area contributed by atoms with Crippen LogP contribution in [0, 0.1) is 0 Å². The monoisotopic (exact) mass is 392 g/mol. The van der Waals surface area contributed by atoms with Crippen LogP contribution in [-0.2, 0) is 14.9 Å². The Bertz CT molecular complexity index is 762. The van der Waals surface area contributed by atoms with Gasteiger partial charge in [-0.3, -0.25) is 0 Å². The van der Waals surface area contributed by atoms with E-state index in [0.29, 0.717) is 16.6 Å². The first-order valence-electron chi connectivity index (χ1n) is 7.11. The predicted octanol–water partition coefficient (Wildman–Crippen LogP) is 3.75. The predicted molar refractivity (Wildman–Crippen MR) is 93.4 cm³/mol. The van der Waals surface area contributed by atoms with Crippen molar-refractivity contribution in [2.75, 3.05) is 14.2 Å². The smallest absolute Gasteiger partial charge is 0.338 e. The number of nitrogens with zero attached hydrogens (tertiary/aromatic N) is 2. The van der Waals surface area contributed by atoms with Gasteiger partial charge in [-0.05, 0) is 24.6 Å². The average Bonchev–Trinajstić information content (AvgIpc) is 2.63. The molecule has 0 bridgehead atoms. The Kier molecular flexibility index (Phi) is 6.31. The minimum absolute atomic E-state index is 0.215. The number of esters is 1. The van der Waals surface area contributed by atoms with Gasteiger partial charge in [-0.15, -0.1) is 0 Å². The molecule has 1 aromatic heterocycles. The Morgan fingerprint density at radius 2 is 2.00 bits per heavy atom. The number of hydrogen-bond acceptors (Lipinski definition) is 6. The van der Waals surface area contributed by atoms with Gasteiger partial charge in [-0.25, -0.2) is 14.8 Å². The SMILES string of the molecule is CC=C(C(=O)OC)c1c(OC)ncnc1Oc1cccc(CBr)c1. The third-order valence-electron chi connectivity index (χ3n) is 3.20. The van der Waals surface area contributed by atoms with E-state index < -0.39 is 5.97 Å². The summed E-state index contributed by atoms with van der Waals surface area (Å²) in [5.74, 6) is 0.515. The molecule has 1 heterocycles. The molecule has 1 aromatic carbocycles. The molecule has 0 radical (unpaired) electrons. The van der Waals surface area contributed by atoms with E-state index >= 15 is 0 Å². The minimum atomic E-state index is -0.523. The van der Waals surface area contributed by atoms with Gasteiger partial charge in [0.25, 0.3) is 0 Å². The lowest BCUT2D eigenvalue weighted by atomic mass is 10.1. The number of rotatable bonds is 6. The Morgan fingerprint density at radius 3 is 2.62 bits per heavy atom. The zero-order chi connectivity index (χ0) is 17.5. The number of methoxy groups -OCH3 is 2. The maximum atomic E-state index is 12.1. The number of aromatic nitrogens is 2. The fraction of sp³-hybridized carbons (Fsp3) is 0.235. The Labute approximate surface area is 148 Å². The second-order valence-corrected chi connectivity index (χ2v) is 5.20. The Morgan fingerprint density at radius 1 is 1.25 bits per heavy atom. The summed E-state index contributed by atoms with van der Waals surface area (Å²) in [5, 5.41) is 0.701. The van der Waals surface area contributed by atoms with E-state index in [4.69, 9.17) is 14.2 Å². The summed E-state index contributed by atoms with van der Waals surface area (Å²) in [7, 11) is 2.77. The molecule has 0 unspecified atom stereocenters. The zero-order valence-corrected chi connectivity index (χ0v) is 15.2. The number of halogens is 1. The third kappa shape index (κ3) is 3.91. The number of benzene rings is 1. The van der Waals surface area contributed by atoms with Crippen LogP contribution in [-0.4, -0.2) is 30.2 Å². The van der Waals surface area contributed by atoms with E-state index in [0.717, 1.165) is 5.56 Å². The lowest BCUT2D eigenvalue weighted by Crippen LogP contribution is -2.08. The molecule has 0 fully saturated rings. The maximum Gasteiger partial charge on any atom is 0.338 e. The molecule has 2 rings (SSSR count). The zero-order valence-electron chi connectivity index (χ0n) is 13.6. The van der Waals surface area contributed by atoms with Gasteiger partial charge in [0, 0.05) is 5.33 Å². The third-order valence-corrected chi connectivity index (χ3v) is 3.85. The first-order chi connectivity index (χ1) is 11.6. The molecule has 24 heavy (non-hydrogen) atoms. The average molecular weight is 393 g/mol. The quantitative estimate of drug-likeness (QED) is 0.423. The van der Waals surface area contributed by atoms with Gasteiger partial charge in [0.05, 0.1) is 19.8 Å². The molecule has 6 nitrogen and oxygen atoms in total. The molecule has 0 amide bonds. The van der Waals surface area contributed by atoms with Crippen LogP contribution in [0.2, 0.25) is 0 Å². The van der Waals surface area contributed by atoms with Crippen molar-refractivity contribution in [3.05, 3.63) is 47.8 Å².